The van der Waals surface area contributed by atoms with E-state index in [0.717, 1.165) is 6.07 Å². The maximum atomic E-state index is 12.7. The van der Waals surface area contributed by atoms with Crippen molar-refractivity contribution >= 4 is 0 Å². The Bertz CT molecular complexity index is 258. The molecule has 0 saturated heterocycles. The maximum Gasteiger partial charge on any atom is 0.131 e. The van der Waals surface area contributed by atoms with E-state index in [1.807, 2.05) is 0 Å². The van der Waals surface area contributed by atoms with Gasteiger partial charge in [-0.05, 0) is 13.0 Å². The molecule has 0 bridgehead atoms. The standard InChI is InChI=1S/C8H7F2O/c1-5(11)7-3-2-6(9)4-8(7)10/h2-5,11H,1H2. The lowest BCUT2D eigenvalue weighted by molar-refractivity contribution is 0.220. The molecule has 1 N–H and O–H groups in total. The Kier molecular flexibility index (Phi) is 2.19. The molecule has 1 aromatic rings. The van der Waals surface area contributed by atoms with E-state index in [-0.39, 0.29) is 5.56 Å². The highest BCUT2D eigenvalue weighted by atomic mass is 19.1. The van der Waals surface area contributed by atoms with E-state index >= 15 is 0 Å². The molecule has 0 aliphatic rings. The van der Waals surface area contributed by atoms with Crippen LogP contribution in [0.1, 0.15) is 11.7 Å². The van der Waals surface area contributed by atoms with Crippen LogP contribution in [0.2, 0.25) is 0 Å². The molecule has 0 fully saturated rings. The SMILES string of the molecule is [CH2]C(O)c1ccc(F)cc1F. The highest BCUT2D eigenvalue weighted by Gasteiger charge is 2.07. The minimum absolute atomic E-state index is 0.00593. The number of aliphatic hydroxyl groups excluding tert-OH is 1. The predicted molar refractivity (Wildman–Crippen MR) is 36.7 cm³/mol. The minimum atomic E-state index is -1.14. The highest BCUT2D eigenvalue weighted by molar-refractivity contribution is 5.21. The molecule has 0 saturated carbocycles. The highest BCUT2D eigenvalue weighted by Crippen LogP contribution is 2.16. The summed E-state index contributed by atoms with van der Waals surface area (Å²) in [6.07, 6.45) is -1.14. The summed E-state index contributed by atoms with van der Waals surface area (Å²) in [6, 6.07) is 2.96. The van der Waals surface area contributed by atoms with Crippen molar-refractivity contribution in [3.8, 4) is 0 Å². The van der Waals surface area contributed by atoms with Crippen LogP contribution in [0.5, 0.6) is 0 Å². The Morgan fingerprint density at radius 3 is 2.45 bits per heavy atom. The lowest BCUT2D eigenvalue weighted by Gasteiger charge is -2.04. The number of benzene rings is 1. The lowest BCUT2D eigenvalue weighted by Crippen LogP contribution is -1.96. The van der Waals surface area contributed by atoms with E-state index < -0.39 is 17.7 Å². The molecule has 0 spiro atoms. The van der Waals surface area contributed by atoms with Gasteiger partial charge in [-0.15, -0.1) is 0 Å². The van der Waals surface area contributed by atoms with Crippen molar-refractivity contribution in [3.05, 3.63) is 42.3 Å². The second-order valence-corrected chi connectivity index (χ2v) is 2.18. The molecule has 1 aromatic carbocycles. The first kappa shape index (κ1) is 8.14. The molecule has 1 unspecified atom stereocenters. The van der Waals surface area contributed by atoms with Gasteiger partial charge in [0.05, 0.1) is 6.10 Å². The minimum Gasteiger partial charge on any atom is -0.388 e. The van der Waals surface area contributed by atoms with Crippen LogP contribution in [-0.2, 0) is 0 Å². The number of halogens is 2. The average molecular weight is 157 g/mol. The number of hydrogen-bond donors (Lipinski definition) is 1. The van der Waals surface area contributed by atoms with Crippen molar-refractivity contribution in [1.82, 2.24) is 0 Å². The van der Waals surface area contributed by atoms with E-state index in [0.29, 0.717) is 6.07 Å². The molecule has 1 rings (SSSR count). The van der Waals surface area contributed by atoms with Crippen LogP contribution < -0.4 is 0 Å². The Morgan fingerprint density at radius 2 is 2.00 bits per heavy atom. The predicted octanol–water partition coefficient (Wildman–Crippen LogP) is 1.83. The zero-order valence-corrected chi connectivity index (χ0v) is 5.72. The van der Waals surface area contributed by atoms with E-state index in [1.165, 1.54) is 6.07 Å². The van der Waals surface area contributed by atoms with Gasteiger partial charge in [-0.1, -0.05) is 6.07 Å². The summed E-state index contributed by atoms with van der Waals surface area (Å²) < 4.78 is 24.9. The monoisotopic (exact) mass is 157 g/mol. The fourth-order valence-corrected chi connectivity index (χ4v) is 0.772. The molecule has 11 heavy (non-hydrogen) atoms. The van der Waals surface area contributed by atoms with Crippen LogP contribution in [0, 0.1) is 18.6 Å². The van der Waals surface area contributed by atoms with Gasteiger partial charge in [0.25, 0.3) is 0 Å². The first-order valence-electron chi connectivity index (χ1n) is 3.07. The van der Waals surface area contributed by atoms with Gasteiger partial charge in [0.2, 0.25) is 0 Å². The molecule has 0 aliphatic heterocycles. The van der Waals surface area contributed by atoms with E-state index in [9.17, 15) is 8.78 Å². The summed E-state index contributed by atoms with van der Waals surface area (Å²) in [4.78, 5) is 0. The van der Waals surface area contributed by atoms with Crippen LogP contribution in [0.15, 0.2) is 18.2 Å². The van der Waals surface area contributed by atoms with Crippen LogP contribution >= 0.6 is 0 Å². The first-order chi connectivity index (χ1) is 5.11. The summed E-state index contributed by atoms with van der Waals surface area (Å²) in [6.45, 7) is 3.19. The third kappa shape index (κ3) is 1.74. The van der Waals surface area contributed by atoms with E-state index in [1.54, 1.807) is 0 Å². The number of rotatable bonds is 1. The molecule has 1 radical (unpaired) electrons. The summed E-state index contributed by atoms with van der Waals surface area (Å²) in [5.74, 6) is -1.43. The molecule has 0 aliphatic carbocycles. The second-order valence-electron chi connectivity index (χ2n) is 2.18. The number of aliphatic hydroxyl groups is 1. The van der Waals surface area contributed by atoms with E-state index in [2.05, 4.69) is 6.92 Å². The van der Waals surface area contributed by atoms with Crippen molar-refractivity contribution in [2.45, 2.75) is 6.10 Å². The van der Waals surface area contributed by atoms with Crippen molar-refractivity contribution in [1.29, 1.82) is 0 Å². The van der Waals surface area contributed by atoms with Gasteiger partial charge >= 0.3 is 0 Å². The summed E-state index contributed by atoms with van der Waals surface area (Å²) in [5.41, 5.74) is 0.00593. The average Bonchev–Trinajstić information content (AvgIpc) is 1.85. The Morgan fingerprint density at radius 1 is 1.36 bits per heavy atom. The van der Waals surface area contributed by atoms with Crippen molar-refractivity contribution < 1.29 is 13.9 Å². The third-order valence-corrected chi connectivity index (χ3v) is 1.32. The molecule has 1 nitrogen and oxygen atoms in total. The van der Waals surface area contributed by atoms with Crippen LogP contribution in [-0.4, -0.2) is 5.11 Å². The fraction of sp³-hybridized carbons (Fsp3) is 0.125. The third-order valence-electron chi connectivity index (χ3n) is 1.32. The van der Waals surface area contributed by atoms with Gasteiger partial charge in [0, 0.05) is 11.6 Å². The Balaban J connectivity index is 3.09. The quantitative estimate of drug-likeness (QED) is 0.659. The van der Waals surface area contributed by atoms with Crippen molar-refractivity contribution in [2.75, 3.05) is 0 Å². The maximum absolute atomic E-state index is 12.7. The van der Waals surface area contributed by atoms with Crippen LogP contribution in [0.4, 0.5) is 8.78 Å². The van der Waals surface area contributed by atoms with Crippen molar-refractivity contribution in [2.24, 2.45) is 0 Å². The van der Waals surface area contributed by atoms with Gasteiger partial charge < -0.3 is 5.11 Å². The largest absolute Gasteiger partial charge is 0.388 e. The molecule has 59 valence electrons. The topological polar surface area (TPSA) is 20.2 Å². The smallest absolute Gasteiger partial charge is 0.131 e. The normalized spacial score (nSPS) is 13.1. The van der Waals surface area contributed by atoms with Gasteiger partial charge in [0.1, 0.15) is 11.6 Å². The van der Waals surface area contributed by atoms with Crippen LogP contribution in [0.3, 0.4) is 0 Å². The Hall–Kier alpha value is -0.960. The first-order valence-corrected chi connectivity index (χ1v) is 3.07. The zero-order chi connectivity index (χ0) is 8.43. The zero-order valence-electron chi connectivity index (χ0n) is 5.72. The van der Waals surface area contributed by atoms with Gasteiger partial charge in [-0.3, -0.25) is 0 Å². The molecule has 1 atom stereocenters. The summed E-state index contributed by atoms with van der Waals surface area (Å²) in [7, 11) is 0. The summed E-state index contributed by atoms with van der Waals surface area (Å²) >= 11 is 0. The second kappa shape index (κ2) is 2.96. The summed E-state index contributed by atoms with van der Waals surface area (Å²) in [5, 5.41) is 8.82. The van der Waals surface area contributed by atoms with Gasteiger partial charge in [0.15, 0.2) is 0 Å². The molecular formula is C8H7F2O. The molecule has 3 heteroatoms. The Labute approximate surface area is 63.3 Å². The number of hydrogen-bond acceptors (Lipinski definition) is 1. The molecule has 0 heterocycles. The van der Waals surface area contributed by atoms with E-state index in [4.69, 9.17) is 5.11 Å². The van der Waals surface area contributed by atoms with Gasteiger partial charge in [-0.2, -0.15) is 0 Å². The fourth-order valence-electron chi connectivity index (χ4n) is 0.772. The molecular weight excluding hydrogens is 150 g/mol. The van der Waals surface area contributed by atoms with Gasteiger partial charge in [-0.25, -0.2) is 8.78 Å². The lowest BCUT2D eigenvalue weighted by atomic mass is 10.1. The van der Waals surface area contributed by atoms with Crippen molar-refractivity contribution in [3.63, 3.8) is 0 Å². The molecule has 0 amide bonds. The van der Waals surface area contributed by atoms with Crippen LogP contribution in [0.25, 0.3) is 0 Å². The molecule has 0 aromatic heterocycles.